The second-order valence-corrected chi connectivity index (χ2v) is 9.00. The number of dihydropyridines is 1. The number of hydrogen-bond donors (Lipinski definition) is 5. The second kappa shape index (κ2) is 25.5. The minimum absolute atomic E-state index is 0. The van der Waals surface area contributed by atoms with Gasteiger partial charge in [-0.2, -0.15) is 0 Å². The molecule has 0 saturated carbocycles. The Morgan fingerprint density at radius 1 is 0.702 bits per heavy atom. The molecule has 1 aliphatic rings. The topological polar surface area (TPSA) is 165 Å². The third-order valence-electron chi connectivity index (χ3n) is 5.49. The number of halogens is 1. The summed E-state index contributed by atoms with van der Waals surface area (Å²) in [5.41, 5.74) is 22.8. The van der Waals surface area contributed by atoms with E-state index in [2.05, 4.69) is 20.3 Å². The maximum atomic E-state index is 11.9. The number of nitrogens with two attached hydrogens (primary N) is 3. The number of anilines is 3. The van der Waals surface area contributed by atoms with Crippen LogP contribution in [0, 0.1) is 20.8 Å². The maximum Gasteiger partial charge on any atom is 0.222 e. The van der Waals surface area contributed by atoms with E-state index >= 15 is 0 Å². The fraction of sp³-hybridized carbons (Fsp3) is 0.243. The highest BCUT2D eigenvalue weighted by Gasteiger charge is 2.19. The smallest absolute Gasteiger partial charge is 0.222 e. The van der Waals surface area contributed by atoms with Crippen LogP contribution < -0.4 is 22.5 Å². The minimum atomic E-state index is -0.326. The van der Waals surface area contributed by atoms with Gasteiger partial charge in [0.2, 0.25) is 5.78 Å². The molecule has 0 aliphatic carbocycles. The predicted molar refractivity (Wildman–Crippen MR) is 213 cm³/mol. The summed E-state index contributed by atoms with van der Waals surface area (Å²) < 4.78 is 0. The Hall–Kier alpha value is -4.71. The Morgan fingerprint density at radius 3 is 1.60 bits per heavy atom. The number of pyridine rings is 1. The number of aromatic hydroxyl groups is 1. The number of benzene rings is 3. The monoisotopic (exact) mass is 753 g/mol. The van der Waals surface area contributed by atoms with E-state index in [4.69, 9.17) is 22.3 Å². The van der Waals surface area contributed by atoms with Crippen molar-refractivity contribution in [1.29, 1.82) is 0 Å². The molecule has 1 aliphatic heterocycles. The highest BCUT2D eigenvalue weighted by atomic mass is 127. The van der Waals surface area contributed by atoms with Gasteiger partial charge in [-0.3, -0.25) is 4.79 Å². The minimum Gasteiger partial charge on any atom is -0.504 e. The number of amidine groups is 2. The molecule has 0 saturated heterocycles. The van der Waals surface area contributed by atoms with Crippen LogP contribution in [0.15, 0.2) is 113 Å². The van der Waals surface area contributed by atoms with Crippen molar-refractivity contribution >= 4 is 64.3 Å². The average Bonchev–Trinajstić information content (AvgIpc) is 3.08. The van der Waals surface area contributed by atoms with Crippen LogP contribution in [0.1, 0.15) is 58.2 Å². The summed E-state index contributed by atoms with van der Waals surface area (Å²) in [6.45, 7) is 18.1. The zero-order chi connectivity index (χ0) is 35.1. The second-order valence-electron chi connectivity index (χ2n) is 9.00. The Balaban J connectivity index is 0. The van der Waals surface area contributed by atoms with Crippen molar-refractivity contribution in [3.05, 3.63) is 120 Å². The van der Waals surface area contributed by atoms with Crippen molar-refractivity contribution in [3.8, 4) is 5.75 Å². The molecule has 5 rings (SSSR count). The van der Waals surface area contributed by atoms with Crippen LogP contribution in [-0.2, 0) is 4.79 Å². The van der Waals surface area contributed by atoms with Crippen molar-refractivity contribution in [3.63, 3.8) is 0 Å². The largest absolute Gasteiger partial charge is 0.504 e. The van der Waals surface area contributed by atoms with Gasteiger partial charge >= 0.3 is 0 Å². The van der Waals surface area contributed by atoms with Gasteiger partial charge in [0.25, 0.3) is 0 Å². The Morgan fingerprint density at radius 2 is 1.17 bits per heavy atom. The molecule has 0 fully saturated rings. The maximum absolute atomic E-state index is 11.9. The number of carbonyl (C=O) groups excluding carboxylic acids is 1. The van der Waals surface area contributed by atoms with Gasteiger partial charge in [-0.05, 0) is 69.3 Å². The summed E-state index contributed by atoms with van der Waals surface area (Å²) in [5, 5.41) is 11.9. The predicted octanol–water partition coefficient (Wildman–Crippen LogP) is 8.91. The number of rotatable bonds is 3. The third-order valence-corrected chi connectivity index (χ3v) is 5.49. The van der Waals surface area contributed by atoms with E-state index in [9.17, 15) is 4.79 Å². The molecule has 0 bridgehead atoms. The Labute approximate surface area is 298 Å². The summed E-state index contributed by atoms with van der Waals surface area (Å²) in [6.07, 6.45) is 2.95. The van der Waals surface area contributed by atoms with Crippen LogP contribution in [0.2, 0.25) is 0 Å². The van der Waals surface area contributed by atoms with Crippen LogP contribution in [0.3, 0.4) is 0 Å². The lowest BCUT2D eigenvalue weighted by molar-refractivity contribution is -0.109. The molecule has 4 aromatic rings. The van der Waals surface area contributed by atoms with Crippen molar-refractivity contribution in [2.24, 2.45) is 15.7 Å². The van der Waals surface area contributed by atoms with E-state index in [1.807, 2.05) is 135 Å². The van der Waals surface area contributed by atoms with Gasteiger partial charge in [0.15, 0.2) is 23.2 Å². The lowest BCUT2D eigenvalue weighted by atomic mass is 10.2. The molecule has 47 heavy (non-hydrogen) atoms. The molecule has 8 N–H and O–H groups in total. The molecular weight excluding hydrogens is 701 g/mol. The quantitative estimate of drug-likeness (QED) is 0.103. The zero-order valence-corrected chi connectivity index (χ0v) is 31.4. The highest BCUT2D eigenvalue weighted by Crippen LogP contribution is 2.19. The van der Waals surface area contributed by atoms with Gasteiger partial charge < -0.3 is 27.6 Å². The van der Waals surface area contributed by atoms with E-state index in [-0.39, 0.29) is 47.2 Å². The number of carbonyl (C=O) groups is 1. The fourth-order valence-electron chi connectivity index (χ4n) is 3.19. The first-order valence-corrected chi connectivity index (χ1v) is 15.4. The molecule has 0 spiro atoms. The summed E-state index contributed by atoms with van der Waals surface area (Å²) in [7, 11) is 0. The van der Waals surface area contributed by atoms with Crippen molar-refractivity contribution in [1.82, 2.24) is 4.98 Å². The molecule has 10 heteroatoms. The number of nitrogens with one attached hydrogen (secondary N) is 1. The first-order chi connectivity index (χ1) is 22.1. The summed E-state index contributed by atoms with van der Waals surface area (Å²) >= 11 is 0. The van der Waals surface area contributed by atoms with Gasteiger partial charge in [0.1, 0.15) is 0 Å². The molecule has 3 aromatic carbocycles. The van der Waals surface area contributed by atoms with Crippen LogP contribution in [0.4, 0.5) is 22.9 Å². The summed E-state index contributed by atoms with van der Waals surface area (Å²) in [6, 6.07) is 26.5. The highest BCUT2D eigenvalue weighted by molar-refractivity contribution is 14.0. The Kier molecular flexibility index (Phi) is 24.1. The van der Waals surface area contributed by atoms with Gasteiger partial charge in [0.05, 0.1) is 11.4 Å². The normalized spacial score (nSPS) is 11.6. The number of nitrogen functional groups attached to an aromatic ring is 2. The SMILES string of the molecule is CC.CC.CC.Cc1ccc(N)cc1.Cc1ccc(N=C2N=C(N)C(=O)C=C2Nc2ccc(C)cc2)cc1.I.Nc1ncccc1O. The fourth-order valence-corrected chi connectivity index (χ4v) is 3.19. The first-order valence-electron chi connectivity index (χ1n) is 15.4. The lowest BCUT2D eigenvalue weighted by Crippen LogP contribution is -2.30. The molecular formula is C37H52IN7O2. The number of ketones is 1. The van der Waals surface area contributed by atoms with Gasteiger partial charge in [-0.1, -0.05) is 94.6 Å². The molecule has 0 unspecified atom stereocenters. The van der Waals surface area contributed by atoms with E-state index in [1.165, 1.54) is 23.9 Å². The molecule has 0 atom stereocenters. The number of nitrogens with zero attached hydrogens (tertiary/aromatic N) is 3. The van der Waals surface area contributed by atoms with E-state index in [1.54, 1.807) is 6.07 Å². The number of aliphatic imine (C=N–C) groups is 2. The van der Waals surface area contributed by atoms with Crippen LogP contribution >= 0.6 is 24.0 Å². The van der Waals surface area contributed by atoms with Crippen molar-refractivity contribution < 1.29 is 9.90 Å². The zero-order valence-electron chi connectivity index (χ0n) is 29.1. The van der Waals surface area contributed by atoms with E-state index in [0.29, 0.717) is 11.5 Å². The molecule has 0 amide bonds. The molecule has 254 valence electrons. The molecule has 2 heterocycles. The van der Waals surface area contributed by atoms with Crippen LogP contribution in [0.5, 0.6) is 5.75 Å². The number of aryl methyl sites for hydroxylation is 3. The summed E-state index contributed by atoms with van der Waals surface area (Å²) in [5.74, 6) is 0.208. The number of aromatic nitrogens is 1. The van der Waals surface area contributed by atoms with Gasteiger partial charge in [-0.25, -0.2) is 15.0 Å². The average molecular weight is 754 g/mol. The van der Waals surface area contributed by atoms with Crippen molar-refractivity contribution in [2.75, 3.05) is 16.8 Å². The molecule has 1 aromatic heterocycles. The first kappa shape index (κ1) is 44.4. The number of hydrogen-bond acceptors (Lipinski definition) is 8. The van der Waals surface area contributed by atoms with Crippen molar-refractivity contribution in [2.45, 2.75) is 62.3 Å². The lowest BCUT2D eigenvalue weighted by Gasteiger charge is -2.15. The van der Waals surface area contributed by atoms with Crippen LogP contribution in [-0.4, -0.2) is 27.5 Å². The molecule has 9 nitrogen and oxygen atoms in total. The van der Waals surface area contributed by atoms with E-state index < -0.39 is 0 Å². The standard InChI is InChI=1S/C19H18N4O.C7H9N.C5H6N2O.3C2H6.HI/c1-12-3-7-14(8-4-12)21-16-11-17(24)18(20)23-19(16)22-15-9-5-13(2)6-10-15;1-6-2-4-7(8)5-3-6;6-5-4(8)2-1-3-7-5;3*1-2;/h3-11,21H,1-2H3,(H2,20,22,23);2-5H,8H2,1H3;1-3,8H,(H2,6,7);3*1-2H3;1H. The third kappa shape index (κ3) is 17.5. The van der Waals surface area contributed by atoms with Gasteiger partial charge in [0, 0.05) is 23.6 Å². The van der Waals surface area contributed by atoms with E-state index in [0.717, 1.165) is 28.2 Å². The Bertz CT molecular complexity index is 1490. The molecule has 0 radical (unpaired) electrons. The van der Waals surface area contributed by atoms with Crippen LogP contribution in [0.25, 0.3) is 0 Å². The summed E-state index contributed by atoms with van der Waals surface area (Å²) in [4.78, 5) is 24.1. The van der Waals surface area contributed by atoms with Gasteiger partial charge in [-0.15, -0.1) is 24.0 Å².